The number of hydrogen-bond donors (Lipinski definition) is 0. The summed E-state index contributed by atoms with van der Waals surface area (Å²) in [4.78, 5) is 0. The molecule has 64 valence electrons. The molecule has 0 aliphatic carbocycles. The van der Waals surface area contributed by atoms with Gasteiger partial charge in [0.1, 0.15) is 0 Å². The second-order valence-corrected chi connectivity index (χ2v) is 2.45. The van der Waals surface area contributed by atoms with Gasteiger partial charge in [0.2, 0.25) is 0 Å². The molecular formula is BaO8S2Zn. The van der Waals surface area contributed by atoms with Gasteiger partial charge in [-0.25, -0.2) is 0 Å². The van der Waals surface area contributed by atoms with Gasteiger partial charge in [0.15, 0.2) is 0 Å². The second-order valence-electron chi connectivity index (χ2n) is 0.816. The summed E-state index contributed by atoms with van der Waals surface area (Å²) in [5.41, 5.74) is 0. The van der Waals surface area contributed by atoms with E-state index in [1.165, 1.54) is 0 Å². The molecule has 0 rings (SSSR count). The first kappa shape index (κ1) is 23.6. The van der Waals surface area contributed by atoms with Crippen molar-refractivity contribution in [1.82, 2.24) is 0 Å². The number of rotatable bonds is 0. The van der Waals surface area contributed by atoms with Crippen molar-refractivity contribution in [3.05, 3.63) is 0 Å². The molecule has 0 aromatic rings. The summed E-state index contributed by atoms with van der Waals surface area (Å²) < 4.78 is 68.2. The molecule has 0 aromatic heterocycles. The van der Waals surface area contributed by atoms with Crippen LogP contribution in [0.2, 0.25) is 0 Å². The summed E-state index contributed by atoms with van der Waals surface area (Å²) in [7, 11) is -10.3. The molecule has 8 nitrogen and oxygen atoms in total. The van der Waals surface area contributed by atoms with E-state index < -0.39 is 20.8 Å². The maximum atomic E-state index is 8.52. The van der Waals surface area contributed by atoms with Crippen molar-refractivity contribution in [3.8, 4) is 0 Å². The van der Waals surface area contributed by atoms with E-state index in [-0.39, 0.29) is 68.4 Å². The van der Waals surface area contributed by atoms with Gasteiger partial charge in [0.05, 0.1) is 0 Å². The Labute approximate surface area is 122 Å². The van der Waals surface area contributed by atoms with Gasteiger partial charge >= 0.3 is 68.4 Å². The Bertz CT molecular complexity index is 213. The van der Waals surface area contributed by atoms with Crippen molar-refractivity contribution in [2.24, 2.45) is 0 Å². The van der Waals surface area contributed by atoms with Crippen LogP contribution < -0.4 is 0 Å². The van der Waals surface area contributed by atoms with E-state index >= 15 is 0 Å². The van der Waals surface area contributed by atoms with Crippen molar-refractivity contribution < 1.29 is 54.5 Å². The predicted octanol–water partition coefficient (Wildman–Crippen LogP) is -3.06. The molecular weight excluding hydrogens is 395 g/mol. The third kappa shape index (κ3) is 381. The van der Waals surface area contributed by atoms with E-state index in [0.717, 1.165) is 0 Å². The normalized spacial score (nSPS) is 9.67. The average molecular weight is 395 g/mol. The second kappa shape index (κ2) is 9.49. The van der Waals surface area contributed by atoms with Crippen LogP contribution >= 0.6 is 0 Å². The first-order chi connectivity index (χ1) is 4.00. The quantitative estimate of drug-likeness (QED) is 0.237. The van der Waals surface area contributed by atoms with Crippen LogP contribution in [0.5, 0.6) is 0 Å². The zero-order valence-electron chi connectivity index (χ0n) is 5.50. The van der Waals surface area contributed by atoms with Crippen LogP contribution in [-0.2, 0) is 40.3 Å². The minimum absolute atomic E-state index is 0. The van der Waals surface area contributed by atoms with Crippen molar-refractivity contribution in [3.63, 3.8) is 0 Å². The molecule has 0 radical (unpaired) electrons. The molecule has 0 saturated carbocycles. The van der Waals surface area contributed by atoms with E-state index in [2.05, 4.69) is 0 Å². The first-order valence-electron chi connectivity index (χ1n) is 1.33. The molecule has 0 atom stereocenters. The zero-order chi connectivity index (χ0) is 9.00. The summed E-state index contributed by atoms with van der Waals surface area (Å²) >= 11 is 0. The average Bonchev–Trinajstić information content (AvgIpc) is 1.12. The van der Waals surface area contributed by atoms with Crippen LogP contribution in [0, 0.1) is 0 Å². The molecule has 0 N–H and O–H groups in total. The minimum Gasteiger partial charge on any atom is -0.759 e. The Hall–Kier alpha value is 1.93. The standard InChI is InChI=1S/Ba.2H2O4S.Zn/c;2*1-5(2,3)4;/h;2*(H2,1,2,3,4);/q+2;;;+2/p-4. The van der Waals surface area contributed by atoms with Gasteiger partial charge in [-0.15, -0.1) is 0 Å². The van der Waals surface area contributed by atoms with E-state index in [1.807, 2.05) is 0 Å². The van der Waals surface area contributed by atoms with E-state index in [4.69, 9.17) is 35.0 Å². The fraction of sp³-hybridized carbons (Fsp3) is 0. The molecule has 0 spiro atoms. The Balaban J connectivity index is -0.0000000457. The molecule has 0 saturated heterocycles. The van der Waals surface area contributed by atoms with Crippen LogP contribution in [0.15, 0.2) is 0 Å². The molecule has 0 aliphatic rings. The molecule has 0 heterocycles. The third-order valence-electron chi connectivity index (χ3n) is 0. The Kier molecular flexibility index (Phi) is 18.7. The van der Waals surface area contributed by atoms with Crippen molar-refractivity contribution in [1.29, 1.82) is 0 Å². The van der Waals surface area contributed by atoms with Crippen molar-refractivity contribution in [2.75, 3.05) is 0 Å². The molecule has 12 heavy (non-hydrogen) atoms. The van der Waals surface area contributed by atoms with Gasteiger partial charge in [0.25, 0.3) is 0 Å². The molecule has 12 heteroatoms. The van der Waals surface area contributed by atoms with Gasteiger partial charge in [-0.05, 0) is 0 Å². The largest absolute Gasteiger partial charge is 2.00 e. The smallest absolute Gasteiger partial charge is 0.759 e. The summed E-state index contributed by atoms with van der Waals surface area (Å²) in [5.74, 6) is 0. The maximum absolute atomic E-state index is 8.52. The fourth-order valence-electron chi connectivity index (χ4n) is 0. The molecule has 0 unspecified atom stereocenters. The summed E-state index contributed by atoms with van der Waals surface area (Å²) in [6, 6.07) is 0. The summed E-state index contributed by atoms with van der Waals surface area (Å²) in [6.45, 7) is 0. The van der Waals surface area contributed by atoms with Crippen LogP contribution in [0.4, 0.5) is 0 Å². The summed E-state index contributed by atoms with van der Waals surface area (Å²) in [6.07, 6.45) is 0. The SMILES string of the molecule is O=S(=O)([O-])[O-].O=S(=O)([O-])[O-].[Ba+2].[Zn+2]. The maximum Gasteiger partial charge on any atom is 2.00 e. The van der Waals surface area contributed by atoms with Gasteiger partial charge in [-0.2, -0.15) is 0 Å². The Morgan fingerprint density at radius 2 is 0.667 bits per heavy atom. The van der Waals surface area contributed by atoms with Crippen molar-refractivity contribution >= 4 is 69.7 Å². The number of hydrogen-bond acceptors (Lipinski definition) is 8. The summed E-state index contributed by atoms with van der Waals surface area (Å²) in [5, 5.41) is 0. The molecule has 0 amide bonds. The Morgan fingerprint density at radius 3 is 0.667 bits per heavy atom. The Morgan fingerprint density at radius 1 is 0.667 bits per heavy atom. The monoisotopic (exact) mass is 394 g/mol. The molecule has 0 bridgehead atoms. The molecule has 0 aliphatic heterocycles. The zero-order valence-corrected chi connectivity index (χ0v) is 14.5. The fourth-order valence-corrected chi connectivity index (χ4v) is 0. The van der Waals surface area contributed by atoms with E-state index in [1.54, 1.807) is 0 Å². The van der Waals surface area contributed by atoms with Gasteiger partial charge < -0.3 is 18.2 Å². The van der Waals surface area contributed by atoms with Crippen LogP contribution in [0.25, 0.3) is 0 Å². The molecule has 0 fully saturated rings. The van der Waals surface area contributed by atoms with Crippen LogP contribution in [0.3, 0.4) is 0 Å². The molecule has 0 aromatic carbocycles. The van der Waals surface area contributed by atoms with Crippen LogP contribution in [0.1, 0.15) is 0 Å². The van der Waals surface area contributed by atoms with E-state index in [9.17, 15) is 0 Å². The van der Waals surface area contributed by atoms with Gasteiger partial charge in [0, 0.05) is 20.8 Å². The minimum atomic E-state index is -5.17. The topological polar surface area (TPSA) is 161 Å². The predicted molar refractivity (Wildman–Crippen MR) is 26.7 cm³/mol. The first-order valence-corrected chi connectivity index (χ1v) is 4.00. The van der Waals surface area contributed by atoms with E-state index in [0.29, 0.717) is 0 Å². The van der Waals surface area contributed by atoms with Gasteiger partial charge in [-0.1, -0.05) is 0 Å². The van der Waals surface area contributed by atoms with Crippen LogP contribution in [-0.4, -0.2) is 83.9 Å². The van der Waals surface area contributed by atoms with Crippen molar-refractivity contribution in [2.45, 2.75) is 0 Å². The third-order valence-corrected chi connectivity index (χ3v) is 0. The van der Waals surface area contributed by atoms with Gasteiger partial charge in [-0.3, -0.25) is 16.8 Å².